The number of benzene rings is 2. The molecule has 1 aliphatic rings. The van der Waals surface area contributed by atoms with Crippen molar-refractivity contribution in [3.63, 3.8) is 0 Å². The van der Waals surface area contributed by atoms with Crippen molar-refractivity contribution >= 4 is 11.1 Å². The Morgan fingerprint density at radius 3 is 2.22 bits per heavy atom. The summed E-state index contributed by atoms with van der Waals surface area (Å²) >= 11 is 0. The van der Waals surface area contributed by atoms with E-state index in [2.05, 4.69) is 69.0 Å². The van der Waals surface area contributed by atoms with E-state index >= 15 is 0 Å². The normalized spacial score (nSPS) is 13.4. The molecule has 0 radical (unpaired) electrons. The molecule has 0 atom stereocenters. The van der Waals surface area contributed by atoms with Crippen LogP contribution in [0.3, 0.4) is 0 Å². The number of rotatable bonds is 1. The molecule has 0 nitrogen and oxygen atoms in total. The maximum Gasteiger partial charge on any atom is -0.00700 e. The maximum atomic E-state index is 4.17. The van der Waals surface area contributed by atoms with E-state index < -0.39 is 0 Å². The van der Waals surface area contributed by atoms with Gasteiger partial charge in [0.05, 0.1) is 0 Å². The molecule has 0 amide bonds. The summed E-state index contributed by atoms with van der Waals surface area (Å²) in [6, 6.07) is 15.0. The summed E-state index contributed by atoms with van der Waals surface area (Å²) in [6.07, 6.45) is 2.21. The van der Waals surface area contributed by atoms with E-state index in [0.29, 0.717) is 0 Å². The zero-order valence-corrected chi connectivity index (χ0v) is 10.8. The van der Waals surface area contributed by atoms with Crippen LogP contribution in [0.5, 0.6) is 0 Å². The summed E-state index contributed by atoms with van der Waals surface area (Å²) in [6.45, 7) is 8.50. The molecule has 1 aliphatic carbocycles. The fraction of sp³-hybridized carbons (Fsp3) is 0.111. The Labute approximate surface area is 108 Å². The molecule has 0 bridgehead atoms. The molecule has 2 aromatic rings. The fourth-order valence-corrected chi connectivity index (χ4v) is 2.70. The maximum absolute atomic E-state index is 4.17. The van der Waals surface area contributed by atoms with Crippen LogP contribution in [0.4, 0.5) is 0 Å². The van der Waals surface area contributed by atoms with Crippen molar-refractivity contribution < 1.29 is 0 Å². The van der Waals surface area contributed by atoms with Gasteiger partial charge < -0.3 is 0 Å². The van der Waals surface area contributed by atoms with Gasteiger partial charge in [-0.05, 0) is 58.9 Å². The van der Waals surface area contributed by atoms with Crippen molar-refractivity contribution in [2.45, 2.75) is 13.8 Å². The molecular formula is C18H16. The van der Waals surface area contributed by atoms with Gasteiger partial charge in [-0.1, -0.05) is 49.0 Å². The monoisotopic (exact) mass is 232 g/mol. The first kappa shape index (κ1) is 11.0. The SMILES string of the molecule is C=C1C=C(c2ccccc2C)c2c(C)cccc21. The molecule has 0 saturated heterocycles. The second-order valence-electron chi connectivity index (χ2n) is 4.90. The summed E-state index contributed by atoms with van der Waals surface area (Å²) in [5.41, 5.74) is 8.99. The van der Waals surface area contributed by atoms with Crippen LogP contribution < -0.4 is 0 Å². The van der Waals surface area contributed by atoms with Gasteiger partial charge in [-0.2, -0.15) is 0 Å². The first-order valence-electron chi connectivity index (χ1n) is 6.25. The van der Waals surface area contributed by atoms with Crippen LogP contribution in [0.15, 0.2) is 55.1 Å². The van der Waals surface area contributed by atoms with Crippen molar-refractivity contribution in [1.82, 2.24) is 0 Å². The Kier molecular flexibility index (Phi) is 2.45. The van der Waals surface area contributed by atoms with Crippen LogP contribution in [0.2, 0.25) is 0 Å². The van der Waals surface area contributed by atoms with Crippen LogP contribution in [-0.4, -0.2) is 0 Å². The van der Waals surface area contributed by atoms with E-state index in [0.717, 1.165) is 5.57 Å². The molecule has 2 aromatic carbocycles. The highest BCUT2D eigenvalue weighted by molar-refractivity contribution is 6.01. The van der Waals surface area contributed by atoms with E-state index in [-0.39, 0.29) is 0 Å². The molecule has 0 saturated carbocycles. The lowest BCUT2D eigenvalue weighted by molar-refractivity contribution is 1.38. The lowest BCUT2D eigenvalue weighted by atomic mass is 9.93. The van der Waals surface area contributed by atoms with E-state index in [1.807, 2.05) is 0 Å². The van der Waals surface area contributed by atoms with Crippen LogP contribution in [0, 0.1) is 13.8 Å². The minimum absolute atomic E-state index is 1.12. The predicted molar refractivity (Wildman–Crippen MR) is 78.5 cm³/mol. The van der Waals surface area contributed by atoms with Crippen molar-refractivity contribution in [2.75, 3.05) is 0 Å². The average Bonchev–Trinajstić information content (AvgIpc) is 2.69. The van der Waals surface area contributed by atoms with Gasteiger partial charge >= 0.3 is 0 Å². The summed E-state index contributed by atoms with van der Waals surface area (Å²) in [5, 5.41) is 0. The summed E-state index contributed by atoms with van der Waals surface area (Å²) in [4.78, 5) is 0. The van der Waals surface area contributed by atoms with E-state index in [9.17, 15) is 0 Å². The average molecular weight is 232 g/mol. The largest absolute Gasteiger partial charge is 0.0911 e. The third kappa shape index (κ3) is 1.53. The quantitative estimate of drug-likeness (QED) is 0.665. The van der Waals surface area contributed by atoms with Gasteiger partial charge in [-0.25, -0.2) is 0 Å². The zero-order valence-electron chi connectivity index (χ0n) is 10.8. The molecule has 0 aliphatic heterocycles. The Hall–Kier alpha value is -2.08. The van der Waals surface area contributed by atoms with Crippen molar-refractivity contribution in [3.8, 4) is 0 Å². The molecule has 88 valence electrons. The lowest BCUT2D eigenvalue weighted by Crippen LogP contribution is -1.92. The smallest absolute Gasteiger partial charge is 0.00700 e. The van der Waals surface area contributed by atoms with Crippen molar-refractivity contribution in [1.29, 1.82) is 0 Å². The van der Waals surface area contributed by atoms with Gasteiger partial charge in [0.15, 0.2) is 0 Å². The highest BCUT2D eigenvalue weighted by atomic mass is 14.2. The molecule has 0 aromatic heterocycles. The number of hydrogen-bond acceptors (Lipinski definition) is 0. The summed E-state index contributed by atoms with van der Waals surface area (Å²) in [5.74, 6) is 0. The first-order valence-corrected chi connectivity index (χ1v) is 6.25. The molecule has 0 unspecified atom stereocenters. The van der Waals surface area contributed by atoms with Crippen LogP contribution in [-0.2, 0) is 0 Å². The van der Waals surface area contributed by atoms with Gasteiger partial charge in [0, 0.05) is 0 Å². The molecule has 3 rings (SSSR count). The van der Waals surface area contributed by atoms with E-state index in [1.165, 1.54) is 33.4 Å². The van der Waals surface area contributed by atoms with Crippen LogP contribution in [0.1, 0.15) is 27.8 Å². The van der Waals surface area contributed by atoms with Gasteiger partial charge in [-0.15, -0.1) is 0 Å². The Bertz CT molecular complexity index is 672. The molecule has 18 heavy (non-hydrogen) atoms. The van der Waals surface area contributed by atoms with Crippen molar-refractivity contribution in [3.05, 3.63) is 82.9 Å². The highest BCUT2D eigenvalue weighted by Gasteiger charge is 2.20. The molecule has 0 heterocycles. The summed E-state index contributed by atoms with van der Waals surface area (Å²) in [7, 11) is 0. The molecule has 0 heteroatoms. The standard InChI is InChI=1S/C18H16/c1-12-7-4-5-9-15(12)17-11-14(3)16-10-6-8-13(2)18(16)17/h4-11H,3H2,1-2H3. The highest BCUT2D eigenvalue weighted by Crippen LogP contribution is 2.40. The minimum Gasteiger partial charge on any atom is -0.0911 e. The number of allylic oxidation sites excluding steroid dienone is 2. The minimum atomic E-state index is 1.12. The lowest BCUT2D eigenvalue weighted by Gasteiger charge is -2.11. The zero-order chi connectivity index (χ0) is 12.7. The van der Waals surface area contributed by atoms with E-state index in [1.54, 1.807) is 0 Å². The second-order valence-corrected chi connectivity index (χ2v) is 4.90. The molecule has 0 fully saturated rings. The Balaban J connectivity index is 2.27. The third-order valence-corrected chi connectivity index (χ3v) is 3.64. The molecule has 0 spiro atoms. The van der Waals surface area contributed by atoms with Crippen LogP contribution in [0.25, 0.3) is 11.1 Å². The van der Waals surface area contributed by atoms with Gasteiger partial charge in [0.1, 0.15) is 0 Å². The number of fused-ring (bicyclic) bond motifs is 1. The first-order chi connectivity index (χ1) is 8.68. The second kappa shape index (κ2) is 3.99. The van der Waals surface area contributed by atoms with Crippen LogP contribution >= 0.6 is 0 Å². The topological polar surface area (TPSA) is 0 Å². The molecular weight excluding hydrogens is 216 g/mol. The molecule has 0 N–H and O–H groups in total. The third-order valence-electron chi connectivity index (χ3n) is 3.64. The van der Waals surface area contributed by atoms with E-state index in [4.69, 9.17) is 0 Å². The predicted octanol–water partition coefficient (Wildman–Crippen LogP) is 4.76. The number of aryl methyl sites for hydroxylation is 2. The number of hydrogen-bond donors (Lipinski definition) is 0. The van der Waals surface area contributed by atoms with Crippen molar-refractivity contribution in [2.24, 2.45) is 0 Å². The van der Waals surface area contributed by atoms with Gasteiger partial charge in [-0.3, -0.25) is 0 Å². The Morgan fingerprint density at radius 1 is 0.778 bits per heavy atom. The summed E-state index contributed by atoms with van der Waals surface area (Å²) < 4.78 is 0. The van der Waals surface area contributed by atoms with Gasteiger partial charge in [0.2, 0.25) is 0 Å². The Morgan fingerprint density at radius 2 is 1.44 bits per heavy atom. The van der Waals surface area contributed by atoms with Gasteiger partial charge in [0.25, 0.3) is 0 Å². The fourth-order valence-electron chi connectivity index (χ4n) is 2.70.